The summed E-state index contributed by atoms with van der Waals surface area (Å²) in [6.07, 6.45) is 1.11. The molecular formula is C24H33N3O. The predicted octanol–water partition coefficient (Wildman–Crippen LogP) is 4.40. The first-order valence-corrected chi connectivity index (χ1v) is 10.4. The number of hydrogen-bond donors (Lipinski definition) is 1. The van der Waals surface area contributed by atoms with Crippen LogP contribution in [0.2, 0.25) is 0 Å². The fourth-order valence-electron chi connectivity index (χ4n) is 4.23. The van der Waals surface area contributed by atoms with Crippen molar-refractivity contribution < 1.29 is 4.79 Å². The first-order chi connectivity index (χ1) is 13.5. The van der Waals surface area contributed by atoms with E-state index in [9.17, 15) is 4.79 Å². The van der Waals surface area contributed by atoms with Crippen molar-refractivity contribution in [3.05, 3.63) is 65.2 Å². The predicted molar refractivity (Wildman–Crippen MR) is 117 cm³/mol. The number of likely N-dealkylation sites (N-methyl/N-ethyl adjacent to an activating group) is 1. The Bertz CT molecular complexity index is 769. The molecule has 1 saturated heterocycles. The summed E-state index contributed by atoms with van der Waals surface area (Å²) < 4.78 is 0. The van der Waals surface area contributed by atoms with Gasteiger partial charge < -0.3 is 5.32 Å². The number of anilines is 1. The average Bonchev–Trinajstić information content (AvgIpc) is 3.19. The first-order valence-electron chi connectivity index (χ1n) is 10.4. The van der Waals surface area contributed by atoms with Gasteiger partial charge in [-0.25, -0.2) is 0 Å². The lowest BCUT2D eigenvalue weighted by atomic mass is 10.1. The smallest absolute Gasteiger partial charge is 0.238 e. The third-order valence-corrected chi connectivity index (χ3v) is 6.04. The van der Waals surface area contributed by atoms with Gasteiger partial charge in [-0.3, -0.25) is 14.6 Å². The van der Waals surface area contributed by atoms with Gasteiger partial charge >= 0.3 is 0 Å². The zero-order chi connectivity index (χ0) is 20.1. The second-order valence-electron chi connectivity index (χ2n) is 7.90. The number of nitrogens with one attached hydrogen (secondary N) is 1. The Balaban J connectivity index is 1.59. The number of carbonyl (C=O) groups excluding carboxylic acids is 1. The highest BCUT2D eigenvalue weighted by Crippen LogP contribution is 2.26. The van der Waals surface area contributed by atoms with E-state index in [1.165, 1.54) is 5.56 Å². The van der Waals surface area contributed by atoms with Crippen LogP contribution in [0.4, 0.5) is 5.69 Å². The molecule has 28 heavy (non-hydrogen) atoms. The summed E-state index contributed by atoms with van der Waals surface area (Å²) in [7, 11) is 0. The van der Waals surface area contributed by atoms with Gasteiger partial charge in [-0.05, 0) is 50.4 Å². The molecule has 1 amide bonds. The van der Waals surface area contributed by atoms with Crippen molar-refractivity contribution in [2.75, 3.05) is 31.5 Å². The Morgan fingerprint density at radius 2 is 1.82 bits per heavy atom. The van der Waals surface area contributed by atoms with Crippen molar-refractivity contribution >= 4 is 11.6 Å². The normalized spacial score (nSPS) is 18.4. The van der Waals surface area contributed by atoms with Gasteiger partial charge in [0.15, 0.2) is 0 Å². The molecule has 0 radical (unpaired) electrons. The quantitative estimate of drug-likeness (QED) is 0.774. The van der Waals surface area contributed by atoms with E-state index in [0.29, 0.717) is 18.6 Å². The maximum atomic E-state index is 12.7. The van der Waals surface area contributed by atoms with Crippen LogP contribution in [0.5, 0.6) is 0 Å². The Labute approximate surface area is 169 Å². The minimum Gasteiger partial charge on any atom is -0.324 e. The lowest BCUT2D eigenvalue weighted by Gasteiger charge is -2.29. The molecule has 4 nitrogen and oxygen atoms in total. The van der Waals surface area contributed by atoms with Gasteiger partial charge in [0.2, 0.25) is 5.91 Å². The molecule has 1 aliphatic heterocycles. The zero-order valence-electron chi connectivity index (χ0n) is 17.6. The maximum absolute atomic E-state index is 12.7. The highest BCUT2D eigenvalue weighted by atomic mass is 16.2. The van der Waals surface area contributed by atoms with Crippen LogP contribution in [0.25, 0.3) is 0 Å². The van der Waals surface area contributed by atoms with Crippen molar-refractivity contribution in [3.63, 3.8) is 0 Å². The largest absolute Gasteiger partial charge is 0.324 e. The van der Waals surface area contributed by atoms with Crippen molar-refractivity contribution in [2.24, 2.45) is 0 Å². The van der Waals surface area contributed by atoms with Crippen LogP contribution in [0.1, 0.15) is 43.0 Å². The van der Waals surface area contributed by atoms with Gasteiger partial charge in [-0.1, -0.05) is 55.5 Å². The van der Waals surface area contributed by atoms with E-state index in [4.69, 9.17) is 0 Å². The lowest BCUT2D eigenvalue weighted by molar-refractivity contribution is -0.117. The fourth-order valence-corrected chi connectivity index (χ4v) is 4.23. The summed E-state index contributed by atoms with van der Waals surface area (Å²) in [4.78, 5) is 17.6. The van der Waals surface area contributed by atoms with Crippen molar-refractivity contribution in [1.29, 1.82) is 0 Å². The molecule has 0 aromatic heterocycles. The van der Waals surface area contributed by atoms with Gasteiger partial charge in [-0.2, -0.15) is 0 Å². The molecule has 150 valence electrons. The SMILES string of the molecule is CCN(CC(=O)Nc1c(C)cccc1C)C1CCN(C(C)c2ccccc2)C1. The third-order valence-electron chi connectivity index (χ3n) is 6.04. The summed E-state index contributed by atoms with van der Waals surface area (Å²) in [6, 6.07) is 17.6. The molecular weight excluding hydrogens is 346 g/mol. The average molecular weight is 380 g/mol. The highest BCUT2D eigenvalue weighted by Gasteiger charge is 2.30. The monoisotopic (exact) mass is 379 g/mol. The maximum Gasteiger partial charge on any atom is 0.238 e. The zero-order valence-corrected chi connectivity index (χ0v) is 17.6. The molecule has 4 heteroatoms. The molecule has 0 bridgehead atoms. The van der Waals surface area contributed by atoms with E-state index < -0.39 is 0 Å². The Morgan fingerprint density at radius 1 is 1.14 bits per heavy atom. The number of nitrogens with zero attached hydrogens (tertiary/aromatic N) is 2. The van der Waals surface area contributed by atoms with Crippen molar-refractivity contribution in [3.8, 4) is 0 Å². The minimum absolute atomic E-state index is 0.0776. The molecule has 3 rings (SSSR count). The number of hydrogen-bond acceptors (Lipinski definition) is 3. The van der Waals surface area contributed by atoms with Crippen LogP contribution in [0.3, 0.4) is 0 Å². The molecule has 0 spiro atoms. The van der Waals surface area contributed by atoms with Gasteiger partial charge in [0.1, 0.15) is 0 Å². The van der Waals surface area contributed by atoms with Crippen LogP contribution >= 0.6 is 0 Å². The standard InChI is InChI=1S/C24H33N3O/c1-5-26(17-23(28)25-24-18(2)10-9-11-19(24)3)22-14-15-27(16-22)20(4)21-12-7-6-8-13-21/h6-13,20,22H,5,14-17H2,1-4H3,(H,25,28). The molecule has 2 aromatic carbocycles. The number of para-hydroxylation sites is 1. The van der Waals surface area contributed by atoms with Crippen LogP contribution < -0.4 is 5.32 Å². The summed E-state index contributed by atoms with van der Waals surface area (Å²) in [5.41, 5.74) is 4.54. The van der Waals surface area contributed by atoms with E-state index in [0.717, 1.165) is 42.9 Å². The van der Waals surface area contributed by atoms with Gasteiger partial charge in [-0.15, -0.1) is 0 Å². The molecule has 1 aliphatic rings. The number of rotatable bonds is 7. The van der Waals surface area contributed by atoms with E-state index in [1.54, 1.807) is 0 Å². The Morgan fingerprint density at radius 3 is 2.46 bits per heavy atom. The number of likely N-dealkylation sites (tertiary alicyclic amines) is 1. The molecule has 2 aromatic rings. The molecule has 0 aliphatic carbocycles. The Kier molecular flexibility index (Phi) is 6.87. The van der Waals surface area contributed by atoms with Crippen LogP contribution in [0, 0.1) is 13.8 Å². The second-order valence-corrected chi connectivity index (χ2v) is 7.90. The number of benzene rings is 2. The highest BCUT2D eigenvalue weighted by molar-refractivity contribution is 5.93. The summed E-state index contributed by atoms with van der Waals surface area (Å²) in [5, 5.41) is 3.13. The van der Waals surface area contributed by atoms with Crippen LogP contribution in [-0.2, 0) is 4.79 Å². The van der Waals surface area contributed by atoms with E-state index in [2.05, 4.69) is 59.3 Å². The minimum atomic E-state index is 0.0776. The molecule has 1 fully saturated rings. The summed E-state index contributed by atoms with van der Waals surface area (Å²) >= 11 is 0. The second kappa shape index (κ2) is 9.35. The van der Waals surface area contributed by atoms with E-state index in [-0.39, 0.29) is 5.91 Å². The topological polar surface area (TPSA) is 35.6 Å². The van der Waals surface area contributed by atoms with Crippen LogP contribution in [0.15, 0.2) is 48.5 Å². The van der Waals surface area contributed by atoms with Crippen molar-refractivity contribution in [1.82, 2.24) is 9.80 Å². The summed E-state index contributed by atoms with van der Waals surface area (Å²) in [5.74, 6) is 0.0776. The van der Waals surface area contributed by atoms with E-state index in [1.807, 2.05) is 32.0 Å². The Hall–Kier alpha value is -2.17. The molecule has 1 N–H and O–H groups in total. The van der Waals surface area contributed by atoms with Gasteiger partial charge in [0, 0.05) is 30.9 Å². The number of aryl methyl sites for hydroxylation is 2. The molecule has 1 heterocycles. The van der Waals surface area contributed by atoms with E-state index >= 15 is 0 Å². The summed E-state index contributed by atoms with van der Waals surface area (Å²) in [6.45, 7) is 11.9. The van der Waals surface area contributed by atoms with Crippen LogP contribution in [-0.4, -0.2) is 47.9 Å². The molecule has 0 saturated carbocycles. The fraction of sp³-hybridized carbons (Fsp3) is 0.458. The first kappa shape index (κ1) is 20.6. The lowest BCUT2D eigenvalue weighted by Crippen LogP contribution is -2.42. The number of carbonyl (C=O) groups is 1. The van der Waals surface area contributed by atoms with Gasteiger partial charge in [0.25, 0.3) is 0 Å². The van der Waals surface area contributed by atoms with Gasteiger partial charge in [0.05, 0.1) is 6.54 Å². The number of amides is 1. The third kappa shape index (κ3) is 4.81. The van der Waals surface area contributed by atoms with Crippen molar-refractivity contribution in [2.45, 2.75) is 46.2 Å². The molecule has 2 unspecified atom stereocenters. The molecule has 2 atom stereocenters.